The molecule has 1 N–H and O–H groups in total. The van der Waals surface area contributed by atoms with Gasteiger partial charge in [0.05, 0.1) is 6.54 Å². The summed E-state index contributed by atoms with van der Waals surface area (Å²) in [5, 5.41) is 3.50. The summed E-state index contributed by atoms with van der Waals surface area (Å²) in [5.41, 5.74) is 0. The molecule has 0 bridgehead atoms. The minimum absolute atomic E-state index is 0.574. The Morgan fingerprint density at radius 3 is 2.47 bits per heavy atom. The van der Waals surface area contributed by atoms with Gasteiger partial charge in [-0.25, -0.2) is 0 Å². The first-order valence-electron chi connectivity index (χ1n) is 5.96. The van der Waals surface area contributed by atoms with E-state index in [2.05, 4.69) is 44.0 Å². The van der Waals surface area contributed by atoms with E-state index in [0.29, 0.717) is 12.0 Å². The molecule has 15 heavy (non-hydrogen) atoms. The highest BCUT2D eigenvalue weighted by atomic mass is 15.1. The Labute approximate surface area is 95.4 Å². The zero-order chi connectivity index (χ0) is 11.7. The molecule has 0 fully saturated rings. The first-order chi connectivity index (χ1) is 7.11. The van der Waals surface area contributed by atoms with Crippen molar-refractivity contribution in [3.05, 3.63) is 0 Å². The standard InChI is InChI=1S/C13H26N2/c1-6-8-13(15(5)9-7-2)11-14-10-12(3)4/h2,12-14H,6,8-11H2,1,3-5H3. The molecule has 0 aromatic rings. The lowest BCUT2D eigenvalue weighted by Gasteiger charge is -2.26. The molecule has 1 unspecified atom stereocenters. The molecule has 0 saturated carbocycles. The maximum absolute atomic E-state index is 5.33. The molecule has 0 heterocycles. The summed E-state index contributed by atoms with van der Waals surface area (Å²) in [5.74, 6) is 3.42. The highest BCUT2D eigenvalue weighted by molar-refractivity contribution is 4.89. The van der Waals surface area contributed by atoms with Crippen molar-refractivity contribution in [1.29, 1.82) is 0 Å². The predicted octanol–water partition coefficient (Wildman–Crippen LogP) is 1.97. The molecule has 0 amide bonds. The van der Waals surface area contributed by atoms with E-state index in [1.165, 1.54) is 12.8 Å². The van der Waals surface area contributed by atoms with E-state index in [-0.39, 0.29) is 0 Å². The fourth-order valence-electron chi connectivity index (χ4n) is 1.62. The molecule has 0 radical (unpaired) electrons. The quantitative estimate of drug-likeness (QED) is 0.616. The minimum Gasteiger partial charge on any atom is -0.315 e. The molecule has 0 spiro atoms. The molecule has 0 aromatic carbocycles. The van der Waals surface area contributed by atoms with Crippen molar-refractivity contribution in [3.63, 3.8) is 0 Å². The summed E-state index contributed by atoms with van der Waals surface area (Å²) in [4.78, 5) is 2.26. The van der Waals surface area contributed by atoms with Crippen LogP contribution in [0, 0.1) is 18.3 Å². The maximum atomic E-state index is 5.33. The van der Waals surface area contributed by atoms with E-state index >= 15 is 0 Å². The number of hydrogen-bond donors (Lipinski definition) is 1. The second-order valence-corrected chi connectivity index (χ2v) is 4.61. The summed E-state index contributed by atoms with van der Waals surface area (Å²) in [6.45, 7) is 9.56. The largest absolute Gasteiger partial charge is 0.315 e. The molecule has 0 aliphatic carbocycles. The first-order valence-corrected chi connectivity index (χ1v) is 5.96. The van der Waals surface area contributed by atoms with Gasteiger partial charge >= 0.3 is 0 Å². The van der Waals surface area contributed by atoms with E-state index in [9.17, 15) is 0 Å². The van der Waals surface area contributed by atoms with Gasteiger partial charge in [-0.15, -0.1) is 6.42 Å². The number of rotatable bonds is 8. The van der Waals surface area contributed by atoms with Crippen molar-refractivity contribution >= 4 is 0 Å². The molecule has 2 nitrogen and oxygen atoms in total. The maximum Gasteiger partial charge on any atom is 0.0599 e. The SMILES string of the molecule is C#CCN(C)C(CCC)CNCC(C)C. The molecule has 0 aliphatic heterocycles. The van der Waals surface area contributed by atoms with Gasteiger partial charge in [0.25, 0.3) is 0 Å². The Kier molecular flexibility index (Phi) is 8.46. The summed E-state index contributed by atoms with van der Waals surface area (Å²) < 4.78 is 0. The van der Waals surface area contributed by atoms with Crippen molar-refractivity contribution in [2.75, 3.05) is 26.7 Å². The highest BCUT2D eigenvalue weighted by Crippen LogP contribution is 2.03. The molecular weight excluding hydrogens is 184 g/mol. The number of terminal acetylenes is 1. The van der Waals surface area contributed by atoms with Gasteiger partial charge in [-0.2, -0.15) is 0 Å². The highest BCUT2D eigenvalue weighted by Gasteiger charge is 2.12. The van der Waals surface area contributed by atoms with Crippen LogP contribution < -0.4 is 5.32 Å². The summed E-state index contributed by atoms with van der Waals surface area (Å²) in [6.07, 6.45) is 7.75. The van der Waals surface area contributed by atoms with Gasteiger partial charge in [0, 0.05) is 12.6 Å². The van der Waals surface area contributed by atoms with Crippen molar-refractivity contribution < 1.29 is 0 Å². The van der Waals surface area contributed by atoms with Gasteiger partial charge in [0.2, 0.25) is 0 Å². The van der Waals surface area contributed by atoms with Crippen molar-refractivity contribution in [2.45, 2.75) is 39.7 Å². The van der Waals surface area contributed by atoms with Gasteiger partial charge in [0.1, 0.15) is 0 Å². The third kappa shape index (κ3) is 7.41. The fourth-order valence-corrected chi connectivity index (χ4v) is 1.62. The second kappa shape index (κ2) is 8.76. The lowest BCUT2D eigenvalue weighted by atomic mass is 10.1. The minimum atomic E-state index is 0.574. The Bertz CT molecular complexity index is 181. The summed E-state index contributed by atoms with van der Waals surface area (Å²) in [7, 11) is 2.11. The predicted molar refractivity (Wildman–Crippen MR) is 67.9 cm³/mol. The zero-order valence-electron chi connectivity index (χ0n) is 10.7. The van der Waals surface area contributed by atoms with Gasteiger partial charge in [-0.3, -0.25) is 4.90 Å². The second-order valence-electron chi connectivity index (χ2n) is 4.61. The van der Waals surface area contributed by atoms with Crippen LogP contribution >= 0.6 is 0 Å². The summed E-state index contributed by atoms with van der Waals surface area (Å²) in [6, 6.07) is 0.574. The average molecular weight is 210 g/mol. The molecule has 0 saturated heterocycles. The van der Waals surface area contributed by atoms with E-state index in [1.54, 1.807) is 0 Å². The van der Waals surface area contributed by atoms with Gasteiger partial charge in [0.15, 0.2) is 0 Å². The van der Waals surface area contributed by atoms with E-state index in [0.717, 1.165) is 19.6 Å². The fraction of sp³-hybridized carbons (Fsp3) is 0.846. The third-order valence-corrected chi connectivity index (χ3v) is 2.52. The third-order valence-electron chi connectivity index (χ3n) is 2.52. The van der Waals surface area contributed by atoms with Gasteiger partial charge in [-0.05, 0) is 25.9 Å². The Balaban J connectivity index is 3.87. The normalized spacial score (nSPS) is 13.1. The molecule has 0 aliphatic rings. The average Bonchev–Trinajstić information content (AvgIpc) is 2.16. The van der Waals surface area contributed by atoms with E-state index < -0.39 is 0 Å². The lowest BCUT2D eigenvalue weighted by Crippen LogP contribution is -2.41. The van der Waals surface area contributed by atoms with Crippen molar-refractivity contribution in [3.8, 4) is 12.3 Å². The van der Waals surface area contributed by atoms with E-state index in [4.69, 9.17) is 6.42 Å². The van der Waals surface area contributed by atoms with Crippen LogP contribution in [0.4, 0.5) is 0 Å². The monoisotopic (exact) mass is 210 g/mol. The van der Waals surface area contributed by atoms with Crippen LogP contribution in [0.1, 0.15) is 33.6 Å². The zero-order valence-corrected chi connectivity index (χ0v) is 10.7. The van der Waals surface area contributed by atoms with Gasteiger partial charge in [-0.1, -0.05) is 33.1 Å². The number of nitrogens with zero attached hydrogens (tertiary/aromatic N) is 1. The molecule has 1 atom stereocenters. The van der Waals surface area contributed by atoms with Crippen LogP contribution in [-0.2, 0) is 0 Å². The van der Waals surface area contributed by atoms with Crippen molar-refractivity contribution in [2.24, 2.45) is 5.92 Å². The topological polar surface area (TPSA) is 15.3 Å². The van der Waals surface area contributed by atoms with E-state index in [1.807, 2.05) is 0 Å². The number of likely N-dealkylation sites (N-methyl/N-ethyl adjacent to an activating group) is 1. The van der Waals surface area contributed by atoms with Crippen LogP contribution in [-0.4, -0.2) is 37.6 Å². The molecule has 88 valence electrons. The smallest absolute Gasteiger partial charge is 0.0599 e. The molecule has 2 heteroatoms. The molecular formula is C13H26N2. The Morgan fingerprint density at radius 2 is 2.00 bits per heavy atom. The molecule has 0 aromatic heterocycles. The first kappa shape index (κ1) is 14.5. The van der Waals surface area contributed by atoms with Crippen LogP contribution in [0.3, 0.4) is 0 Å². The Morgan fingerprint density at radius 1 is 1.33 bits per heavy atom. The van der Waals surface area contributed by atoms with Crippen LogP contribution in [0.5, 0.6) is 0 Å². The van der Waals surface area contributed by atoms with Crippen LogP contribution in [0.2, 0.25) is 0 Å². The Hall–Kier alpha value is -0.520. The van der Waals surface area contributed by atoms with Crippen molar-refractivity contribution in [1.82, 2.24) is 10.2 Å². The van der Waals surface area contributed by atoms with Crippen LogP contribution in [0.25, 0.3) is 0 Å². The number of hydrogen-bond acceptors (Lipinski definition) is 2. The van der Waals surface area contributed by atoms with Crippen LogP contribution in [0.15, 0.2) is 0 Å². The number of nitrogens with one attached hydrogen (secondary N) is 1. The van der Waals surface area contributed by atoms with Gasteiger partial charge < -0.3 is 5.32 Å². The summed E-state index contributed by atoms with van der Waals surface area (Å²) >= 11 is 0. The lowest BCUT2D eigenvalue weighted by molar-refractivity contribution is 0.245. The molecule has 0 rings (SSSR count).